The van der Waals surface area contributed by atoms with E-state index in [-0.39, 0.29) is 18.3 Å². The maximum Gasteiger partial charge on any atom is 0.487 e. The Morgan fingerprint density at radius 3 is 1.92 bits per heavy atom. The zero-order valence-electron chi connectivity index (χ0n) is 14.7. The molecule has 1 fully saturated rings. The summed E-state index contributed by atoms with van der Waals surface area (Å²) < 4.78 is 17.7. The molecule has 4 heteroatoms. The van der Waals surface area contributed by atoms with Crippen molar-refractivity contribution in [2.75, 3.05) is 0 Å². The highest BCUT2D eigenvalue weighted by atomic mass is 16.7. The summed E-state index contributed by atoms with van der Waals surface area (Å²) in [6.07, 6.45) is 2.01. The molecule has 24 heavy (non-hydrogen) atoms. The minimum atomic E-state index is -0.324. The van der Waals surface area contributed by atoms with Crippen LogP contribution in [0.25, 0.3) is 6.08 Å². The maximum atomic E-state index is 5.95. The molecule has 1 aliphatic rings. The molecule has 1 saturated heterocycles. The van der Waals surface area contributed by atoms with Gasteiger partial charge in [-0.15, -0.1) is 0 Å². The first-order valence-electron chi connectivity index (χ1n) is 8.23. The predicted molar refractivity (Wildman–Crippen MR) is 98.1 cm³/mol. The van der Waals surface area contributed by atoms with Crippen molar-refractivity contribution in [3.05, 3.63) is 66.1 Å². The van der Waals surface area contributed by atoms with Crippen LogP contribution in [0.3, 0.4) is 0 Å². The standard InChI is InChI=1S/C20H23BO3/c1-19(2)20(3,4)24-21(23-19)15-14-16-10-12-18(13-11-16)22-17-8-6-5-7-9-17/h5-15H,1-4H3/b15-14-. The van der Waals surface area contributed by atoms with Crippen molar-refractivity contribution in [1.82, 2.24) is 0 Å². The highest BCUT2D eigenvalue weighted by Gasteiger charge is 2.49. The summed E-state index contributed by atoms with van der Waals surface area (Å²) in [6, 6.07) is 17.7. The molecule has 2 aromatic rings. The summed E-state index contributed by atoms with van der Waals surface area (Å²) in [5.74, 6) is 3.59. The third-order valence-corrected chi connectivity index (χ3v) is 4.58. The van der Waals surface area contributed by atoms with E-state index in [0.717, 1.165) is 17.1 Å². The average molecular weight is 322 g/mol. The Labute approximate surface area is 144 Å². The second-order valence-corrected chi connectivity index (χ2v) is 6.97. The fourth-order valence-corrected chi connectivity index (χ4v) is 2.43. The molecule has 124 valence electrons. The summed E-state index contributed by atoms with van der Waals surface area (Å²) in [7, 11) is -0.324. The highest BCUT2D eigenvalue weighted by Crippen LogP contribution is 2.37. The van der Waals surface area contributed by atoms with E-state index in [1.807, 2.05) is 66.6 Å². The van der Waals surface area contributed by atoms with Gasteiger partial charge < -0.3 is 14.0 Å². The monoisotopic (exact) mass is 322 g/mol. The smallest absolute Gasteiger partial charge is 0.457 e. The van der Waals surface area contributed by atoms with Crippen LogP contribution >= 0.6 is 0 Å². The van der Waals surface area contributed by atoms with E-state index in [1.54, 1.807) is 0 Å². The molecule has 0 radical (unpaired) electrons. The van der Waals surface area contributed by atoms with E-state index < -0.39 is 0 Å². The molecule has 1 aliphatic heterocycles. The second-order valence-electron chi connectivity index (χ2n) is 6.97. The van der Waals surface area contributed by atoms with Gasteiger partial charge in [0.2, 0.25) is 0 Å². The van der Waals surface area contributed by atoms with Gasteiger partial charge in [-0.1, -0.05) is 42.4 Å². The molecular formula is C20H23BO3. The minimum absolute atomic E-state index is 0.310. The first-order chi connectivity index (χ1) is 11.4. The summed E-state index contributed by atoms with van der Waals surface area (Å²) >= 11 is 0. The van der Waals surface area contributed by atoms with Crippen LogP contribution in [0.15, 0.2) is 60.6 Å². The Bertz CT molecular complexity index is 689. The van der Waals surface area contributed by atoms with Gasteiger partial charge in [-0.05, 0) is 57.5 Å². The third kappa shape index (κ3) is 3.71. The van der Waals surface area contributed by atoms with Gasteiger partial charge in [-0.2, -0.15) is 0 Å². The largest absolute Gasteiger partial charge is 0.487 e. The summed E-state index contributed by atoms with van der Waals surface area (Å²) in [5.41, 5.74) is 0.454. The molecule has 1 heterocycles. The number of para-hydroxylation sites is 1. The molecule has 3 nitrogen and oxygen atoms in total. The number of benzene rings is 2. The zero-order valence-corrected chi connectivity index (χ0v) is 14.7. The molecule has 3 rings (SSSR count). The number of hydrogen-bond acceptors (Lipinski definition) is 3. The lowest BCUT2D eigenvalue weighted by atomic mass is 9.89. The molecule has 0 aliphatic carbocycles. The van der Waals surface area contributed by atoms with E-state index in [1.165, 1.54) is 0 Å². The lowest BCUT2D eigenvalue weighted by Gasteiger charge is -2.32. The van der Waals surface area contributed by atoms with Crippen LogP contribution in [0.2, 0.25) is 0 Å². The summed E-state index contributed by atoms with van der Waals surface area (Å²) in [4.78, 5) is 0. The fourth-order valence-electron chi connectivity index (χ4n) is 2.43. The van der Waals surface area contributed by atoms with Gasteiger partial charge in [0.05, 0.1) is 11.2 Å². The van der Waals surface area contributed by atoms with Crippen LogP contribution < -0.4 is 4.74 Å². The quantitative estimate of drug-likeness (QED) is 0.731. The van der Waals surface area contributed by atoms with Crippen molar-refractivity contribution in [3.8, 4) is 11.5 Å². The zero-order chi connectivity index (χ0) is 17.2. The van der Waals surface area contributed by atoms with Gasteiger partial charge in [0.25, 0.3) is 0 Å². The molecule has 0 bridgehead atoms. The molecule has 0 amide bonds. The van der Waals surface area contributed by atoms with Gasteiger partial charge in [0.1, 0.15) is 11.5 Å². The first-order valence-corrected chi connectivity index (χ1v) is 8.23. The third-order valence-electron chi connectivity index (χ3n) is 4.58. The lowest BCUT2D eigenvalue weighted by molar-refractivity contribution is 0.00578. The fraction of sp³-hybridized carbons (Fsp3) is 0.300. The lowest BCUT2D eigenvalue weighted by Crippen LogP contribution is -2.41. The van der Waals surface area contributed by atoms with E-state index in [4.69, 9.17) is 14.0 Å². The molecule has 0 spiro atoms. The second kappa shape index (κ2) is 6.46. The normalized spacial score (nSPS) is 18.9. The highest BCUT2D eigenvalue weighted by molar-refractivity contribution is 6.52. The van der Waals surface area contributed by atoms with Crippen LogP contribution in [0.1, 0.15) is 33.3 Å². The maximum absolute atomic E-state index is 5.95. The molecule has 0 saturated carbocycles. The van der Waals surface area contributed by atoms with Crippen molar-refractivity contribution >= 4 is 13.2 Å². The van der Waals surface area contributed by atoms with E-state index in [0.29, 0.717) is 0 Å². The van der Waals surface area contributed by atoms with Gasteiger partial charge in [0, 0.05) is 0 Å². The Morgan fingerprint density at radius 1 is 0.792 bits per heavy atom. The summed E-state index contributed by atoms with van der Waals surface area (Å²) in [6.45, 7) is 8.21. The van der Waals surface area contributed by atoms with Crippen LogP contribution in [-0.2, 0) is 9.31 Å². The Morgan fingerprint density at radius 2 is 1.33 bits per heavy atom. The van der Waals surface area contributed by atoms with E-state index in [9.17, 15) is 0 Å². The molecule has 2 aromatic carbocycles. The molecule has 0 unspecified atom stereocenters. The summed E-state index contributed by atoms with van der Waals surface area (Å²) in [5, 5.41) is 0. The van der Waals surface area contributed by atoms with Crippen molar-refractivity contribution in [1.29, 1.82) is 0 Å². The van der Waals surface area contributed by atoms with Crippen LogP contribution in [0.4, 0.5) is 0 Å². The molecular weight excluding hydrogens is 299 g/mol. The Hall–Kier alpha value is -2.04. The van der Waals surface area contributed by atoms with Crippen LogP contribution in [0.5, 0.6) is 11.5 Å². The first kappa shape index (κ1) is 16.8. The van der Waals surface area contributed by atoms with Crippen molar-refractivity contribution in [2.24, 2.45) is 0 Å². The minimum Gasteiger partial charge on any atom is -0.457 e. The Balaban J connectivity index is 1.63. The van der Waals surface area contributed by atoms with E-state index >= 15 is 0 Å². The van der Waals surface area contributed by atoms with Gasteiger partial charge in [-0.25, -0.2) is 0 Å². The number of ether oxygens (including phenoxy) is 1. The van der Waals surface area contributed by atoms with Crippen molar-refractivity contribution in [2.45, 2.75) is 38.9 Å². The van der Waals surface area contributed by atoms with Crippen LogP contribution in [0, 0.1) is 0 Å². The average Bonchev–Trinajstić information content (AvgIpc) is 2.75. The number of rotatable bonds is 4. The van der Waals surface area contributed by atoms with E-state index in [2.05, 4.69) is 27.7 Å². The SMILES string of the molecule is CC1(C)OB(/C=C\c2ccc(Oc3ccccc3)cc2)OC1(C)C. The van der Waals surface area contributed by atoms with Gasteiger partial charge in [0.15, 0.2) is 0 Å². The molecule has 0 N–H and O–H groups in total. The molecule has 0 aromatic heterocycles. The van der Waals surface area contributed by atoms with Crippen molar-refractivity contribution in [3.63, 3.8) is 0 Å². The van der Waals surface area contributed by atoms with Crippen LogP contribution in [-0.4, -0.2) is 18.3 Å². The number of hydrogen-bond donors (Lipinski definition) is 0. The predicted octanol–water partition coefficient (Wildman–Crippen LogP) is 5.12. The molecule has 0 atom stereocenters. The van der Waals surface area contributed by atoms with Crippen molar-refractivity contribution < 1.29 is 14.0 Å². The van der Waals surface area contributed by atoms with Gasteiger partial charge in [-0.3, -0.25) is 0 Å². The Kier molecular flexibility index (Phi) is 4.53. The topological polar surface area (TPSA) is 27.7 Å². The van der Waals surface area contributed by atoms with Gasteiger partial charge >= 0.3 is 7.12 Å².